The number of carbonyl (C=O) groups is 2. The maximum absolute atomic E-state index is 13.3. The lowest BCUT2D eigenvalue weighted by Gasteiger charge is -2.44. The Morgan fingerprint density at radius 3 is 2.77 bits per heavy atom. The Balaban J connectivity index is 1.87. The van der Waals surface area contributed by atoms with Gasteiger partial charge in [-0.3, -0.25) is 9.59 Å². The van der Waals surface area contributed by atoms with Crippen LogP contribution in [0.1, 0.15) is 15.9 Å². The summed E-state index contributed by atoms with van der Waals surface area (Å²) in [5, 5.41) is 20.9. The summed E-state index contributed by atoms with van der Waals surface area (Å²) in [6, 6.07) is 3.05. The van der Waals surface area contributed by atoms with Crippen LogP contribution in [0.3, 0.4) is 0 Å². The van der Waals surface area contributed by atoms with Crippen LogP contribution >= 0.6 is 0 Å². The summed E-state index contributed by atoms with van der Waals surface area (Å²) in [5.41, 5.74) is -1.14. The summed E-state index contributed by atoms with van der Waals surface area (Å²) >= 11 is 0. The Kier molecular flexibility index (Phi) is 3.86. The van der Waals surface area contributed by atoms with Crippen LogP contribution in [0.4, 0.5) is 0 Å². The highest BCUT2D eigenvalue weighted by Crippen LogP contribution is 2.45. The lowest BCUT2D eigenvalue weighted by atomic mass is 9.76. The van der Waals surface area contributed by atoms with Gasteiger partial charge in [-0.1, -0.05) is 18.2 Å². The first-order valence-electron chi connectivity index (χ1n) is 8.46. The number of benzene rings is 1. The Labute approximate surface area is 150 Å². The molecule has 0 spiro atoms. The summed E-state index contributed by atoms with van der Waals surface area (Å²) in [7, 11) is 0. The number of nitrogens with zero attached hydrogens (tertiary/aromatic N) is 1. The number of aromatic hydroxyl groups is 1. The first-order chi connectivity index (χ1) is 12.4. The third-order valence-electron chi connectivity index (χ3n) is 4.96. The third kappa shape index (κ3) is 2.28. The van der Waals surface area contributed by atoms with Gasteiger partial charge in [0.15, 0.2) is 0 Å². The number of ether oxygens (including phenoxy) is 2. The van der Waals surface area contributed by atoms with E-state index in [1.807, 2.05) is 0 Å². The van der Waals surface area contributed by atoms with Crippen LogP contribution in [0.5, 0.6) is 11.5 Å². The van der Waals surface area contributed by atoms with E-state index < -0.39 is 23.4 Å². The Morgan fingerprint density at radius 1 is 1.31 bits per heavy atom. The summed E-state index contributed by atoms with van der Waals surface area (Å²) in [4.78, 5) is 27.9. The highest BCUT2D eigenvalue weighted by Gasteiger charge is 2.58. The molecule has 1 aromatic carbocycles. The number of carbonyl (C=O) groups excluding carboxylic acids is 2. The zero-order chi connectivity index (χ0) is 18.5. The zero-order valence-corrected chi connectivity index (χ0v) is 14.3. The van der Waals surface area contributed by atoms with Crippen LogP contribution in [-0.2, 0) is 9.53 Å². The van der Waals surface area contributed by atoms with Crippen LogP contribution in [0.15, 0.2) is 35.9 Å². The van der Waals surface area contributed by atoms with Crippen molar-refractivity contribution in [3.63, 3.8) is 0 Å². The normalized spacial score (nSPS) is 27.3. The maximum atomic E-state index is 13.3. The molecule has 26 heavy (non-hydrogen) atoms. The number of morpholine rings is 1. The molecule has 2 N–H and O–H groups in total. The summed E-state index contributed by atoms with van der Waals surface area (Å²) in [6.07, 6.45) is 3.09. The number of amides is 1. The van der Waals surface area contributed by atoms with Gasteiger partial charge in [-0.05, 0) is 24.6 Å². The second-order valence-electron chi connectivity index (χ2n) is 6.64. The molecule has 136 valence electrons. The maximum Gasteiger partial charge on any atom is 0.274 e. The van der Waals surface area contributed by atoms with Gasteiger partial charge in [0, 0.05) is 13.1 Å². The quantitative estimate of drug-likeness (QED) is 0.769. The largest absolute Gasteiger partial charge is 0.507 e. The molecule has 4 rings (SSSR count). The molecule has 2 heterocycles. The van der Waals surface area contributed by atoms with E-state index in [1.54, 1.807) is 13.0 Å². The highest BCUT2D eigenvalue weighted by atomic mass is 16.5. The van der Waals surface area contributed by atoms with E-state index in [0.29, 0.717) is 31.9 Å². The van der Waals surface area contributed by atoms with E-state index in [-0.39, 0.29) is 22.6 Å². The van der Waals surface area contributed by atoms with Crippen LogP contribution < -0.4 is 4.74 Å². The standard InChI is InChI=1S/C19H19NO6/c1-11-9-13(21)16-14(10-11)26-19(18(24)20-5-7-25-8-6-20)12(17(16)23)3-2-4-15(19)22/h2-4,9-10,15,21-22H,5-8H2,1H3/t15-,19+/m1/s1. The lowest BCUT2D eigenvalue weighted by Crippen LogP contribution is -2.64. The van der Waals surface area contributed by atoms with Crippen molar-refractivity contribution in [2.75, 3.05) is 26.3 Å². The van der Waals surface area contributed by atoms with Gasteiger partial charge in [0.2, 0.25) is 11.4 Å². The highest BCUT2D eigenvalue weighted by molar-refractivity contribution is 6.19. The SMILES string of the molecule is Cc1cc(O)c2c(c1)O[C@@]1(C(=O)N3CCOCC3)C(=CC=C[C@H]1O)C2=O. The molecule has 0 aromatic heterocycles. The average molecular weight is 357 g/mol. The molecule has 1 amide bonds. The second kappa shape index (κ2) is 5.96. The molecule has 0 radical (unpaired) electrons. The van der Waals surface area contributed by atoms with Gasteiger partial charge in [-0.25, -0.2) is 0 Å². The van der Waals surface area contributed by atoms with E-state index in [9.17, 15) is 19.8 Å². The van der Waals surface area contributed by atoms with Gasteiger partial charge in [0.05, 0.1) is 18.8 Å². The number of aryl methyl sites for hydroxylation is 1. The topological polar surface area (TPSA) is 96.3 Å². The first-order valence-corrected chi connectivity index (χ1v) is 8.46. The van der Waals surface area contributed by atoms with E-state index in [1.165, 1.54) is 29.2 Å². The molecule has 2 atom stereocenters. The number of hydrogen-bond acceptors (Lipinski definition) is 6. The number of allylic oxidation sites excluding steroid dienone is 2. The molecule has 1 fully saturated rings. The van der Waals surface area contributed by atoms with Crippen molar-refractivity contribution < 1.29 is 29.3 Å². The van der Waals surface area contributed by atoms with Crippen molar-refractivity contribution in [1.82, 2.24) is 4.90 Å². The van der Waals surface area contributed by atoms with Crippen LogP contribution in [-0.4, -0.2) is 64.8 Å². The molecule has 0 saturated carbocycles. The molecule has 2 aliphatic heterocycles. The summed E-state index contributed by atoms with van der Waals surface area (Å²) < 4.78 is 11.3. The second-order valence-corrected chi connectivity index (χ2v) is 6.64. The predicted octanol–water partition coefficient (Wildman–Crippen LogP) is 0.730. The fraction of sp³-hybridized carbons (Fsp3) is 0.368. The monoisotopic (exact) mass is 357 g/mol. The number of rotatable bonds is 1. The molecule has 1 aliphatic carbocycles. The summed E-state index contributed by atoms with van der Waals surface area (Å²) in [5.74, 6) is -1.11. The fourth-order valence-electron chi connectivity index (χ4n) is 3.67. The van der Waals surface area contributed by atoms with Crippen molar-refractivity contribution in [1.29, 1.82) is 0 Å². The number of phenolic OH excluding ortho intramolecular Hbond substituents is 1. The fourth-order valence-corrected chi connectivity index (χ4v) is 3.67. The van der Waals surface area contributed by atoms with Crippen molar-refractivity contribution in [3.8, 4) is 11.5 Å². The first kappa shape index (κ1) is 16.8. The minimum Gasteiger partial charge on any atom is -0.507 e. The van der Waals surface area contributed by atoms with E-state index in [2.05, 4.69) is 0 Å². The Hall–Kier alpha value is -2.64. The molecular formula is C19H19NO6. The Morgan fingerprint density at radius 2 is 2.04 bits per heavy atom. The molecular weight excluding hydrogens is 338 g/mol. The molecule has 0 bridgehead atoms. The van der Waals surface area contributed by atoms with Gasteiger partial charge >= 0.3 is 0 Å². The number of Topliss-reactive ketones (excluding diaryl/α,β-unsaturated/α-hetero) is 1. The smallest absolute Gasteiger partial charge is 0.274 e. The minimum atomic E-state index is -1.85. The van der Waals surface area contributed by atoms with Crippen molar-refractivity contribution >= 4 is 11.7 Å². The van der Waals surface area contributed by atoms with Crippen LogP contribution in [0, 0.1) is 6.92 Å². The number of fused-ring (bicyclic) bond motifs is 2. The third-order valence-corrected chi connectivity index (χ3v) is 4.96. The predicted molar refractivity (Wildman–Crippen MR) is 91.2 cm³/mol. The van der Waals surface area contributed by atoms with Crippen LogP contribution in [0.25, 0.3) is 0 Å². The van der Waals surface area contributed by atoms with Gasteiger partial charge in [-0.15, -0.1) is 0 Å². The van der Waals surface area contributed by atoms with Crippen LogP contribution in [0.2, 0.25) is 0 Å². The van der Waals surface area contributed by atoms with E-state index in [0.717, 1.165) is 0 Å². The lowest BCUT2D eigenvalue weighted by molar-refractivity contribution is -0.156. The molecule has 7 heteroatoms. The van der Waals surface area contributed by atoms with E-state index >= 15 is 0 Å². The zero-order valence-electron chi connectivity index (χ0n) is 14.3. The molecule has 7 nitrogen and oxygen atoms in total. The number of hydrogen-bond donors (Lipinski definition) is 2. The summed E-state index contributed by atoms with van der Waals surface area (Å²) in [6.45, 7) is 3.23. The number of aliphatic hydroxyl groups excluding tert-OH is 1. The molecule has 3 aliphatic rings. The Bertz CT molecular complexity index is 852. The minimum absolute atomic E-state index is 0.00903. The van der Waals surface area contributed by atoms with Gasteiger partial charge < -0.3 is 24.6 Å². The van der Waals surface area contributed by atoms with Gasteiger partial charge in [0.1, 0.15) is 23.2 Å². The van der Waals surface area contributed by atoms with Crippen molar-refractivity contribution in [3.05, 3.63) is 47.1 Å². The van der Waals surface area contributed by atoms with E-state index in [4.69, 9.17) is 9.47 Å². The molecule has 1 aromatic rings. The van der Waals surface area contributed by atoms with Crippen molar-refractivity contribution in [2.45, 2.75) is 18.6 Å². The number of aliphatic hydroxyl groups is 1. The number of phenols is 1. The molecule has 0 unspecified atom stereocenters. The van der Waals surface area contributed by atoms with Gasteiger partial charge in [0.25, 0.3) is 5.91 Å². The van der Waals surface area contributed by atoms with Gasteiger partial charge in [-0.2, -0.15) is 0 Å². The van der Waals surface area contributed by atoms with Crippen molar-refractivity contribution in [2.24, 2.45) is 0 Å². The average Bonchev–Trinajstić information content (AvgIpc) is 2.62. The molecule has 1 saturated heterocycles. The number of ketones is 1.